The topological polar surface area (TPSA) is 122 Å². The Kier molecular flexibility index (Phi) is 7.87. The summed E-state index contributed by atoms with van der Waals surface area (Å²) in [7, 11) is -4.09. The summed E-state index contributed by atoms with van der Waals surface area (Å²) in [6.07, 6.45) is 1.19. The summed E-state index contributed by atoms with van der Waals surface area (Å²) in [6.45, 7) is 10.8. The first-order chi connectivity index (χ1) is 16.0. The third-order valence-corrected chi connectivity index (χ3v) is 8.72. The second-order valence-corrected chi connectivity index (χ2v) is 11.3. The first kappa shape index (κ1) is 26.0. The molecular weight excluding hydrogens is 498 g/mol. The molecule has 8 nitrogen and oxygen atoms in total. The molecule has 0 fully saturated rings. The van der Waals surface area contributed by atoms with E-state index >= 15 is 0 Å². The molecule has 2 heterocycles. The summed E-state index contributed by atoms with van der Waals surface area (Å²) in [5.74, 6) is -0.792. The van der Waals surface area contributed by atoms with E-state index in [1.54, 1.807) is 13.0 Å². The summed E-state index contributed by atoms with van der Waals surface area (Å²) in [6, 6.07) is 5.14. The Balaban J connectivity index is 1.95. The summed E-state index contributed by atoms with van der Waals surface area (Å²) in [5, 5.41) is 19.3. The zero-order valence-corrected chi connectivity index (χ0v) is 21.6. The Morgan fingerprint density at radius 2 is 2.06 bits per heavy atom. The van der Waals surface area contributed by atoms with Crippen molar-refractivity contribution in [3.63, 3.8) is 0 Å². The van der Waals surface area contributed by atoms with Crippen LogP contribution >= 0.6 is 22.9 Å². The molecule has 2 aromatic heterocycles. The summed E-state index contributed by atoms with van der Waals surface area (Å²) in [4.78, 5) is 13.1. The molecule has 3 aromatic rings. The lowest BCUT2D eigenvalue weighted by Crippen LogP contribution is -2.29. The maximum atomic E-state index is 13.4. The van der Waals surface area contributed by atoms with Gasteiger partial charge in [0.25, 0.3) is 5.91 Å². The number of halogens is 1. The second-order valence-electron chi connectivity index (χ2n) is 7.95. The number of aryl methyl sites for hydroxylation is 3. The number of amides is 1. The molecule has 0 radical (unpaired) electrons. The van der Waals surface area contributed by atoms with Crippen LogP contribution in [0.1, 0.15) is 44.9 Å². The highest BCUT2D eigenvalue weighted by Crippen LogP contribution is 2.33. The van der Waals surface area contributed by atoms with Crippen LogP contribution in [0.2, 0.25) is 5.02 Å². The molecule has 11 heteroatoms. The van der Waals surface area contributed by atoms with E-state index in [0.29, 0.717) is 11.4 Å². The van der Waals surface area contributed by atoms with Crippen LogP contribution in [0, 0.1) is 20.8 Å². The van der Waals surface area contributed by atoms with Crippen LogP contribution in [-0.4, -0.2) is 36.6 Å². The van der Waals surface area contributed by atoms with E-state index in [-0.39, 0.29) is 33.2 Å². The van der Waals surface area contributed by atoms with Crippen LogP contribution in [-0.2, 0) is 9.84 Å². The van der Waals surface area contributed by atoms with Gasteiger partial charge in [-0.05, 0) is 55.0 Å². The lowest BCUT2D eigenvalue weighted by Gasteiger charge is -2.19. The fraction of sp³-hybridized carbons (Fsp3) is 0.304. The number of anilines is 2. The van der Waals surface area contributed by atoms with Crippen molar-refractivity contribution in [3.8, 4) is 0 Å². The number of aliphatic hydroxyl groups excluding tert-OH is 1. The number of sulfone groups is 1. The Labute approximate surface area is 207 Å². The van der Waals surface area contributed by atoms with Crippen molar-refractivity contribution in [1.82, 2.24) is 5.16 Å². The minimum absolute atomic E-state index is 0.00765. The highest BCUT2D eigenvalue weighted by atomic mass is 35.5. The molecule has 182 valence electrons. The van der Waals surface area contributed by atoms with Crippen LogP contribution in [0.3, 0.4) is 0 Å². The molecule has 2 atom stereocenters. The van der Waals surface area contributed by atoms with Crippen LogP contribution in [0.5, 0.6) is 0 Å². The van der Waals surface area contributed by atoms with Gasteiger partial charge in [-0.1, -0.05) is 42.4 Å². The highest BCUT2D eigenvalue weighted by Gasteiger charge is 2.32. The molecular formula is C23H26ClN3O5S2. The molecule has 0 spiro atoms. The van der Waals surface area contributed by atoms with Gasteiger partial charge in [0.05, 0.1) is 4.90 Å². The molecule has 3 rings (SSSR count). The summed E-state index contributed by atoms with van der Waals surface area (Å²) >= 11 is 7.12. The van der Waals surface area contributed by atoms with Crippen LogP contribution in [0.25, 0.3) is 0 Å². The normalized spacial score (nSPS) is 13.4. The maximum absolute atomic E-state index is 13.4. The lowest BCUT2D eigenvalue weighted by atomic mass is 9.93. The van der Waals surface area contributed by atoms with Gasteiger partial charge in [-0.15, -0.1) is 11.3 Å². The number of carbonyl (C=O) groups excluding carboxylic acids is 1. The molecule has 2 unspecified atom stereocenters. The van der Waals surface area contributed by atoms with Gasteiger partial charge in [-0.2, -0.15) is 0 Å². The number of thiophene rings is 1. The number of aliphatic hydroxyl groups is 1. The SMILES string of the molecule is C=CC(Nc1onc(C)c1Cl)S(=O)(=O)c1ccsc1C(=O)Nc1cc(C)cc(C)c1C(C)CO. The van der Waals surface area contributed by atoms with E-state index in [9.17, 15) is 18.3 Å². The van der Waals surface area contributed by atoms with Crippen molar-refractivity contribution in [2.75, 3.05) is 17.2 Å². The number of rotatable bonds is 9. The van der Waals surface area contributed by atoms with E-state index in [2.05, 4.69) is 22.4 Å². The average Bonchev–Trinajstić information content (AvgIpc) is 3.39. The fourth-order valence-corrected chi connectivity index (χ4v) is 6.45. The van der Waals surface area contributed by atoms with E-state index in [4.69, 9.17) is 16.1 Å². The first-order valence-corrected chi connectivity index (χ1v) is 13.2. The van der Waals surface area contributed by atoms with Gasteiger partial charge in [0, 0.05) is 18.2 Å². The van der Waals surface area contributed by atoms with Gasteiger partial charge in [0.2, 0.25) is 15.7 Å². The number of nitrogens with zero attached hydrogens (tertiary/aromatic N) is 1. The van der Waals surface area contributed by atoms with E-state index in [1.165, 1.54) is 17.5 Å². The van der Waals surface area contributed by atoms with Crippen molar-refractivity contribution in [2.45, 2.75) is 43.9 Å². The van der Waals surface area contributed by atoms with E-state index in [1.807, 2.05) is 26.8 Å². The summed E-state index contributed by atoms with van der Waals surface area (Å²) in [5.41, 5.74) is 3.58. The van der Waals surface area contributed by atoms with Crippen molar-refractivity contribution in [2.24, 2.45) is 0 Å². The Bertz CT molecular complexity index is 1330. The monoisotopic (exact) mass is 523 g/mol. The van der Waals surface area contributed by atoms with Gasteiger partial charge in [-0.25, -0.2) is 8.42 Å². The predicted molar refractivity (Wildman–Crippen MR) is 135 cm³/mol. The van der Waals surface area contributed by atoms with Crippen molar-refractivity contribution in [3.05, 3.63) is 68.5 Å². The zero-order valence-electron chi connectivity index (χ0n) is 19.2. The Morgan fingerprint density at radius 3 is 2.65 bits per heavy atom. The summed E-state index contributed by atoms with van der Waals surface area (Å²) < 4.78 is 31.9. The number of benzene rings is 1. The Morgan fingerprint density at radius 1 is 1.35 bits per heavy atom. The highest BCUT2D eigenvalue weighted by molar-refractivity contribution is 7.92. The number of aromatic nitrogens is 1. The van der Waals surface area contributed by atoms with Crippen LogP contribution in [0.15, 0.2) is 45.7 Å². The average molecular weight is 524 g/mol. The minimum Gasteiger partial charge on any atom is -0.396 e. The fourth-order valence-electron chi connectivity index (χ4n) is 3.67. The van der Waals surface area contributed by atoms with Crippen molar-refractivity contribution < 1.29 is 22.8 Å². The van der Waals surface area contributed by atoms with Gasteiger partial charge in [-0.3, -0.25) is 4.79 Å². The quantitative estimate of drug-likeness (QED) is 0.335. The smallest absolute Gasteiger partial charge is 0.267 e. The number of hydrogen-bond donors (Lipinski definition) is 3. The third kappa shape index (κ3) is 5.05. The van der Waals surface area contributed by atoms with E-state index < -0.39 is 21.1 Å². The molecule has 0 bridgehead atoms. The van der Waals surface area contributed by atoms with Gasteiger partial charge in [0.15, 0.2) is 5.37 Å². The van der Waals surface area contributed by atoms with Gasteiger partial charge < -0.3 is 20.3 Å². The predicted octanol–water partition coefficient (Wildman–Crippen LogP) is 5.06. The number of hydrogen-bond acceptors (Lipinski definition) is 8. The van der Waals surface area contributed by atoms with E-state index in [0.717, 1.165) is 28.0 Å². The van der Waals surface area contributed by atoms with Crippen molar-refractivity contribution >= 4 is 50.3 Å². The zero-order chi connectivity index (χ0) is 25.2. The second kappa shape index (κ2) is 10.3. The van der Waals surface area contributed by atoms with Gasteiger partial charge >= 0.3 is 0 Å². The first-order valence-electron chi connectivity index (χ1n) is 10.4. The molecule has 0 aliphatic carbocycles. The van der Waals surface area contributed by atoms with Gasteiger partial charge in [0.1, 0.15) is 15.6 Å². The number of nitrogens with one attached hydrogen (secondary N) is 2. The minimum atomic E-state index is -4.09. The molecule has 34 heavy (non-hydrogen) atoms. The van der Waals surface area contributed by atoms with Crippen LogP contribution in [0.4, 0.5) is 11.6 Å². The molecule has 1 aromatic carbocycles. The van der Waals surface area contributed by atoms with Crippen molar-refractivity contribution in [1.29, 1.82) is 0 Å². The Hall–Kier alpha value is -2.66. The molecule has 3 N–H and O–H groups in total. The molecule has 0 saturated carbocycles. The third-order valence-electron chi connectivity index (χ3n) is 5.30. The molecule has 0 saturated heterocycles. The molecule has 1 amide bonds. The lowest BCUT2D eigenvalue weighted by molar-refractivity contribution is 0.102. The van der Waals surface area contributed by atoms with Crippen LogP contribution < -0.4 is 10.6 Å². The standard InChI is InChI=1S/C23H26ClN3O5S2/c1-6-18(26-23-20(24)15(5)27-32-23)34(30,31)17-7-8-33-21(17)22(29)25-16-10-12(2)9-13(3)19(16)14(4)11-28/h6-10,14,18,26,28H,1,11H2,2-5H3,(H,25,29). The number of carbonyl (C=O) groups is 1. The largest absolute Gasteiger partial charge is 0.396 e. The maximum Gasteiger partial charge on any atom is 0.267 e. The molecule has 0 aliphatic rings. The molecule has 0 aliphatic heterocycles.